The van der Waals surface area contributed by atoms with E-state index >= 15 is 0 Å². The topological polar surface area (TPSA) is 41.6 Å². The molecule has 0 saturated carbocycles. The van der Waals surface area contributed by atoms with Crippen molar-refractivity contribution in [1.29, 1.82) is 0 Å². The summed E-state index contributed by atoms with van der Waals surface area (Å²) in [6, 6.07) is 8.18. The number of nitrogens with one attached hydrogen (secondary N) is 1. The molecule has 0 radical (unpaired) electrons. The fraction of sp³-hybridized carbons (Fsp3) is 0.588. The van der Waals surface area contributed by atoms with Crippen LogP contribution in [0.2, 0.25) is 0 Å². The van der Waals surface area contributed by atoms with Crippen molar-refractivity contribution in [3.8, 4) is 5.75 Å². The van der Waals surface area contributed by atoms with E-state index in [4.69, 9.17) is 4.74 Å². The molecule has 5 heteroatoms. The first kappa shape index (κ1) is 18.8. The quantitative estimate of drug-likeness (QED) is 0.874. The number of rotatable bonds is 6. The largest absolute Gasteiger partial charge is 0.497 e. The van der Waals surface area contributed by atoms with Crippen LogP contribution in [0.3, 0.4) is 0 Å². The minimum Gasteiger partial charge on any atom is -0.497 e. The average molecular weight is 327 g/mol. The third-order valence-electron chi connectivity index (χ3n) is 4.05. The number of carbonyl (C=O) groups excluding carboxylic acids is 1. The van der Waals surface area contributed by atoms with E-state index in [1.54, 1.807) is 7.11 Å². The zero-order valence-corrected chi connectivity index (χ0v) is 14.3. The lowest BCUT2D eigenvalue weighted by molar-refractivity contribution is -0.133. The highest BCUT2D eigenvalue weighted by molar-refractivity contribution is 5.85. The predicted octanol–water partition coefficient (Wildman–Crippen LogP) is 2.65. The average Bonchev–Trinajstić information content (AvgIpc) is 2.54. The van der Waals surface area contributed by atoms with E-state index in [2.05, 4.69) is 17.1 Å². The Hall–Kier alpha value is -1.26. The van der Waals surface area contributed by atoms with Gasteiger partial charge < -0.3 is 15.0 Å². The monoisotopic (exact) mass is 326 g/mol. The van der Waals surface area contributed by atoms with Crippen molar-refractivity contribution < 1.29 is 9.53 Å². The molecule has 1 amide bonds. The molecular formula is C17H27ClN2O2. The van der Waals surface area contributed by atoms with Gasteiger partial charge in [-0.15, -0.1) is 12.4 Å². The van der Waals surface area contributed by atoms with Gasteiger partial charge in [-0.1, -0.05) is 19.1 Å². The minimum absolute atomic E-state index is 0. The molecule has 1 aliphatic rings. The van der Waals surface area contributed by atoms with Crippen LogP contribution in [0.1, 0.15) is 31.7 Å². The second-order valence-corrected chi connectivity index (χ2v) is 5.59. The van der Waals surface area contributed by atoms with Crippen molar-refractivity contribution in [3.63, 3.8) is 0 Å². The molecule has 0 unspecified atom stereocenters. The van der Waals surface area contributed by atoms with Gasteiger partial charge in [0.15, 0.2) is 0 Å². The number of amides is 1. The molecule has 1 aromatic carbocycles. The second kappa shape index (κ2) is 9.70. The van der Waals surface area contributed by atoms with Crippen molar-refractivity contribution in [2.45, 2.75) is 38.6 Å². The third kappa shape index (κ3) is 5.18. The van der Waals surface area contributed by atoms with Crippen LogP contribution < -0.4 is 10.1 Å². The zero-order chi connectivity index (χ0) is 15.1. The van der Waals surface area contributed by atoms with Crippen LogP contribution in [-0.4, -0.2) is 43.6 Å². The fourth-order valence-electron chi connectivity index (χ4n) is 2.89. The number of methoxy groups -OCH3 is 1. The molecule has 0 aromatic heterocycles. The number of ether oxygens (including phenoxy) is 1. The van der Waals surface area contributed by atoms with Gasteiger partial charge >= 0.3 is 0 Å². The number of benzene rings is 1. The molecule has 1 heterocycles. The van der Waals surface area contributed by atoms with Crippen molar-refractivity contribution >= 4 is 18.3 Å². The van der Waals surface area contributed by atoms with Gasteiger partial charge in [0, 0.05) is 12.6 Å². The van der Waals surface area contributed by atoms with E-state index in [1.807, 2.05) is 24.3 Å². The summed E-state index contributed by atoms with van der Waals surface area (Å²) in [5, 5.41) is 3.36. The Morgan fingerprint density at radius 3 is 2.45 bits per heavy atom. The van der Waals surface area contributed by atoms with Crippen LogP contribution in [0.15, 0.2) is 24.3 Å². The number of hydrogen-bond acceptors (Lipinski definition) is 3. The highest BCUT2D eigenvalue weighted by Crippen LogP contribution is 2.16. The second-order valence-electron chi connectivity index (χ2n) is 5.59. The van der Waals surface area contributed by atoms with Crippen LogP contribution in [0.5, 0.6) is 5.75 Å². The van der Waals surface area contributed by atoms with Gasteiger partial charge in [-0.3, -0.25) is 4.79 Å². The Bertz CT molecular complexity index is 444. The van der Waals surface area contributed by atoms with Crippen LogP contribution >= 0.6 is 12.4 Å². The van der Waals surface area contributed by atoms with Crippen molar-refractivity contribution in [2.75, 3.05) is 26.7 Å². The summed E-state index contributed by atoms with van der Waals surface area (Å²) in [7, 11) is 1.65. The molecule has 22 heavy (non-hydrogen) atoms. The first-order valence-electron chi connectivity index (χ1n) is 7.87. The number of piperidine rings is 1. The summed E-state index contributed by atoms with van der Waals surface area (Å²) >= 11 is 0. The maximum Gasteiger partial charge on any atom is 0.227 e. The highest BCUT2D eigenvalue weighted by Gasteiger charge is 2.24. The third-order valence-corrected chi connectivity index (χ3v) is 4.05. The normalized spacial score (nSPS) is 15.0. The Labute approximate surface area is 139 Å². The van der Waals surface area contributed by atoms with E-state index in [9.17, 15) is 4.79 Å². The van der Waals surface area contributed by atoms with Gasteiger partial charge in [-0.25, -0.2) is 0 Å². The standard InChI is InChI=1S/C17H26N2O2.ClH/c1-3-12-19(15-8-10-18-11-9-15)17(20)13-14-4-6-16(21-2)7-5-14;/h4-7,15,18H,3,8-13H2,1-2H3;1H. The van der Waals surface area contributed by atoms with Gasteiger partial charge in [0.1, 0.15) is 5.75 Å². The van der Waals surface area contributed by atoms with E-state index in [-0.39, 0.29) is 18.3 Å². The summed E-state index contributed by atoms with van der Waals surface area (Å²) < 4.78 is 5.15. The van der Waals surface area contributed by atoms with Crippen LogP contribution in [-0.2, 0) is 11.2 Å². The Morgan fingerprint density at radius 2 is 1.91 bits per heavy atom. The zero-order valence-electron chi connectivity index (χ0n) is 13.5. The molecule has 1 N–H and O–H groups in total. The van der Waals surface area contributed by atoms with E-state index in [1.165, 1.54) is 0 Å². The summed E-state index contributed by atoms with van der Waals surface area (Å²) in [6.45, 7) is 5.02. The summed E-state index contributed by atoms with van der Waals surface area (Å²) in [4.78, 5) is 14.7. The smallest absolute Gasteiger partial charge is 0.227 e. The highest BCUT2D eigenvalue weighted by atomic mass is 35.5. The predicted molar refractivity (Wildman–Crippen MR) is 91.8 cm³/mol. The van der Waals surface area contributed by atoms with Crippen LogP contribution in [0, 0.1) is 0 Å². The minimum atomic E-state index is 0. The lowest BCUT2D eigenvalue weighted by atomic mass is 10.0. The summed E-state index contributed by atoms with van der Waals surface area (Å²) in [5.41, 5.74) is 1.05. The molecule has 0 atom stereocenters. The van der Waals surface area contributed by atoms with Gasteiger partial charge in [0.2, 0.25) is 5.91 Å². The maximum absolute atomic E-state index is 12.6. The molecule has 1 saturated heterocycles. The number of halogens is 1. The molecular weight excluding hydrogens is 300 g/mol. The van der Waals surface area contributed by atoms with Gasteiger partial charge in [0.05, 0.1) is 13.5 Å². The molecule has 0 bridgehead atoms. The number of hydrogen-bond donors (Lipinski definition) is 1. The maximum atomic E-state index is 12.6. The first-order valence-corrected chi connectivity index (χ1v) is 7.87. The molecule has 1 aliphatic heterocycles. The molecule has 124 valence electrons. The van der Waals surface area contributed by atoms with Crippen molar-refractivity contribution in [2.24, 2.45) is 0 Å². The SMILES string of the molecule is CCCN(C(=O)Cc1ccc(OC)cc1)C1CCNCC1.Cl. The Balaban J connectivity index is 0.00000242. The molecule has 0 spiro atoms. The summed E-state index contributed by atoms with van der Waals surface area (Å²) in [5.74, 6) is 1.07. The molecule has 2 rings (SSSR count). The van der Waals surface area contributed by atoms with Crippen molar-refractivity contribution in [1.82, 2.24) is 10.2 Å². The molecule has 1 aromatic rings. The number of carbonyl (C=O) groups is 1. The Morgan fingerprint density at radius 1 is 1.27 bits per heavy atom. The molecule has 0 aliphatic carbocycles. The van der Waals surface area contributed by atoms with Gasteiger partial charge in [0.25, 0.3) is 0 Å². The van der Waals surface area contributed by atoms with E-state index < -0.39 is 0 Å². The molecule has 1 fully saturated rings. The van der Waals surface area contributed by atoms with Gasteiger partial charge in [-0.05, 0) is 50.0 Å². The van der Waals surface area contributed by atoms with Crippen molar-refractivity contribution in [3.05, 3.63) is 29.8 Å². The number of nitrogens with zero attached hydrogens (tertiary/aromatic N) is 1. The van der Waals surface area contributed by atoms with E-state index in [0.717, 1.165) is 50.2 Å². The molecule has 4 nitrogen and oxygen atoms in total. The fourth-order valence-corrected chi connectivity index (χ4v) is 2.89. The first-order chi connectivity index (χ1) is 10.2. The van der Waals surface area contributed by atoms with E-state index in [0.29, 0.717) is 12.5 Å². The van der Waals surface area contributed by atoms with Gasteiger partial charge in [-0.2, -0.15) is 0 Å². The van der Waals surface area contributed by atoms with Crippen LogP contribution in [0.4, 0.5) is 0 Å². The van der Waals surface area contributed by atoms with Crippen LogP contribution in [0.25, 0.3) is 0 Å². The summed E-state index contributed by atoms with van der Waals surface area (Å²) in [6.07, 6.45) is 3.62. The lowest BCUT2D eigenvalue weighted by Gasteiger charge is -2.34. The Kier molecular flexibility index (Phi) is 8.28. The lowest BCUT2D eigenvalue weighted by Crippen LogP contribution is -2.47.